The summed E-state index contributed by atoms with van der Waals surface area (Å²) >= 11 is 0. The zero-order valence-corrected chi connectivity index (χ0v) is 22.9. The summed E-state index contributed by atoms with van der Waals surface area (Å²) in [6.07, 6.45) is 1.04. The quantitative estimate of drug-likeness (QED) is 0.407. The molecule has 10 heteroatoms. The van der Waals surface area contributed by atoms with Crippen LogP contribution in [-0.2, 0) is 17.6 Å². The lowest BCUT2D eigenvalue weighted by atomic mass is 9.73. The second-order valence-electron chi connectivity index (χ2n) is 12.0. The highest BCUT2D eigenvalue weighted by atomic mass is 19.4. The fraction of sp³-hybridized carbons (Fsp3) is 0.586. The molecule has 0 bridgehead atoms. The maximum Gasteiger partial charge on any atom is 0.573 e. The molecule has 1 amide bonds. The lowest BCUT2D eigenvalue weighted by Gasteiger charge is -2.47. The van der Waals surface area contributed by atoms with E-state index >= 15 is 0 Å². The van der Waals surface area contributed by atoms with Crippen molar-refractivity contribution in [3.63, 3.8) is 0 Å². The third-order valence-corrected chi connectivity index (χ3v) is 7.24. The van der Waals surface area contributed by atoms with Gasteiger partial charge >= 0.3 is 6.36 Å². The molecule has 1 saturated carbocycles. The molecule has 214 valence electrons. The number of benzene rings is 1. The molecule has 3 N–H and O–H groups in total. The monoisotopic (exact) mass is 549 g/mol. The number of alkyl halides is 3. The van der Waals surface area contributed by atoms with E-state index in [1.54, 1.807) is 0 Å². The highest BCUT2D eigenvalue weighted by molar-refractivity contribution is 5.73. The molecule has 1 aliphatic carbocycles. The summed E-state index contributed by atoms with van der Waals surface area (Å²) in [6.45, 7) is 8.10. The zero-order chi connectivity index (χ0) is 28.4. The van der Waals surface area contributed by atoms with E-state index in [1.165, 1.54) is 31.2 Å². The predicted octanol–water partition coefficient (Wildman–Crippen LogP) is 5.01. The van der Waals surface area contributed by atoms with Crippen molar-refractivity contribution in [1.82, 2.24) is 15.6 Å². The third kappa shape index (κ3) is 8.08. The number of hydrogen-bond acceptors (Lipinski definition) is 6. The van der Waals surface area contributed by atoms with Gasteiger partial charge in [0.2, 0.25) is 11.8 Å². The highest BCUT2D eigenvalue weighted by Gasteiger charge is 2.46. The molecule has 1 spiro atoms. The Balaban J connectivity index is 1.46. The Morgan fingerprint density at radius 1 is 1.21 bits per heavy atom. The molecular weight excluding hydrogens is 511 g/mol. The molecule has 4 rings (SSSR count). The molecule has 1 aromatic carbocycles. The predicted molar refractivity (Wildman–Crippen MR) is 140 cm³/mol. The normalized spacial score (nSPS) is 19.8. The fourth-order valence-corrected chi connectivity index (χ4v) is 5.38. The number of aromatic nitrogens is 1. The minimum atomic E-state index is -4.77. The number of pyridine rings is 1. The summed E-state index contributed by atoms with van der Waals surface area (Å²) in [5, 5.41) is 17.4. The molecule has 0 saturated heterocycles. The standard InChI is InChI=1S/C29H38F3N3O4/c1-18(36)35-23(13-19-6-8-21(9-7-19)38-29(30,31)32)25(37)17-33-24-15-28(10-5-11-28)39-26-22(24)12-20(16-34-26)14-27(2,3)4/h6-9,12,16,23-25,33,37H,5,10-11,13-15,17H2,1-4H3,(H,35,36)/t23-,24-,25-/m0/s1. The number of aliphatic hydroxyl groups excluding tert-OH is 1. The van der Waals surface area contributed by atoms with Gasteiger partial charge in [-0.3, -0.25) is 4.79 Å². The summed E-state index contributed by atoms with van der Waals surface area (Å²) in [5.74, 6) is -0.00538. The molecule has 3 atom stereocenters. The van der Waals surface area contributed by atoms with E-state index in [0.717, 1.165) is 43.2 Å². The van der Waals surface area contributed by atoms with Gasteiger partial charge in [0.1, 0.15) is 11.4 Å². The highest BCUT2D eigenvalue weighted by Crippen LogP contribution is 2.48. The first-order valence-corrected chi connectivity index (χ1v) is 13.4. The molecule has 2 aliphatic rings. The van der Waals surface area contributed by atoms with Crippen molar-refractivity contribution in [2.75, 3.05) is 6.54 Å². The van der Waals surface area contributed by atoms with Crippen molar-refractivity contribution in [1.29, 1.82) is 0 Å². The van der Waals surface area contributed by atoms with Crippen molar-refractivity contribution < 1.29 is 32.5 Å². The summed E-state index contributed by atoms with van der Waals surface area (Å²) in [7, 11) is 0. The van der Waals surface area contributed by atoms with Gasteiger partial charge in [-0.1, -0.05) is 32.9 Å². The van der Waals surface area contributed by atoms with E-state index in [9.17, 15) is 23.1 Å². The summed E-state index contributed by atoms with van der Waals surface area (Å²) in [4.78, 5) is 16.6. The van der Waals surface area contributed by atoms with Crippen molar-refractivity contribution in [3.05, 3.63) is 53.2 Å². The van der Waals surface area contributed by atoms with Gasteiger partial charge in [0.05, 0.1) is 12.1 Å². The van der Waals surface area contributed by atoms with E-state index in [4.69, 9.17) is 4.74 Å². The van der Waals surface area contributed by atoms with E-state index in [2.05, 4.69) is 47.2 Å². The van der Waals surface area contributed by atoms with Crippen LogP contribution in [0.3, 0.4) is 0 Å². The molecule has 1 aliphatic heterocycles. The number of nitrogens with one attached hydrogen (secondary N) is 2. The number of carbonyl (C=O) groups is 1. The lowest BCUT2D eigenvalue weighted by Crippen LogP contribution is -2.52. The van der Waals surface area contributed by atoms with Crippen LogP contribution in [0.1, 0.15) is 76.1 Å². The Labute approximate surface area is 227 Å². The van der Waals surface area contributed by atoms with Gasteiger partial charge in [0.25, 0.3) is 0 Å². The summed E-state index contributed by atoms with van der Waals surface area (Å²) in [6, 6.07) is 6.84. The van der Waals surface area contributed by atoms with Gasteiger partial charge in [-0.15, -0.1) is 13.2 Å². The van der Waals surface area contributed by atoms with Gasteiger partial charge in [-0.2, -0.15) is 0 Å². The van der Waals surface area contributed by atoms with Crippen LogP contribution >= 0.6 is 0 Å². The number of aliphatic hydroxyl groups is 1. The van der Waals surface area contributed by atoms with Gasteiger partial charge in [0.15, 0.2) is 0 Å². The zero-order valence-electron chi connectivity index (χ0n) is 22.9. The molecular formula is C29H38F3N3O4. The molecule has 2 aromatic rings. The topological polar surface area (TPSA) is 92.7 Å². The number of carbonyl (C=O) groups excluding carboxylic acids is 1. The Morgan fingerprint density at radius 3 is 2.46 bits per heavy atom. The maximum atomic E-state index is 12.5. The van der Waals surface area contributed by atoms with Crippen LogP contribution < -0.4 is 20.1 Å². The Kier molecular flexibility index (Phi) is 8.47. The van der Waals surface area contributed by atoms with Crippen molar-refractivity contribution in [2.45, 2.75) is 96.4 Å². The van der Waals surface area contributed by atoms with Gasteiger partial charge in [-0.05, 0) is 66.8 Å². The molecule has 7 nitrogen and oxygen atoms in total. The van der Waals surface area contributed by atoms with E-state index in [-0.39, 0.29) is 41.7 Å². The smallest absolute Gasteiger partial charge is 0.471 e. The minimum absolute atomic E-state index is 0.0760. The minimum Gasteiger partial charge on any atom is -0.471 e. The second-order valence-corrected chi connectivity index (χ2v) is 12.0. The number of hydrogen-bond donors (Lipinski definition) is 3. The second kappa shape index (κ2) is 11.3. The van der Waals surface area contributed by atoms with Crippen LogP contribution in [0.4, 0.5) is 13.2 Å². The Hall–Kier alpha value is -2.85. The van der Waals surface area contributed by atoms with E-state index in [1.807, 2.05) is 6.20 Å². The average Bonchev–Trinajstić information content (AvgIpc) is 2.80. The van der Waals surface area contributed by atoms with Gasteiger partial charge in [-0.25, -0.2) is 4.98 Å². The lowest BCUT2D eigenvalue weighted by molar-refractivity contribution is -0.274. The fourth-order valence-electron chi connectivity index (χ4n) is 5.38. The Bertz CT molecular complexity index is 1140. The first kappa shape index (κ1) is 29.1. The summed E-state index contributed by atoms with van der Waals surface area (Å²) < 4.78 is 47.7. The average molecular weight is 550 g/mol. The molecule has 2 heterocycles. The SMILES string of the molecule is CC(=O)N[C@@H](Cc1ccc(OC(F)(F)F)cc1)[C@@H](O)CN[C@H]1CC2(CCC2)Oc2ncc(CC(C)(C)C)cc21. The molecule has 0 unspecified atom stereocenters. The van der Waals surface area contributed by atoms with Crippen LogP contribution in [0.5, 0.6) is 11.6 Å². The van der Waals surface area contributed by atoms with E-state index in [0.29, 0.717) is 11.4 Å². The van der Waals surface area contributed by atoms with E-state index < -0.39 is 18.5 Å². The largest absolute Gasteiger partial charge is 0.573 e. The number of fused-ring (bicyclic) bond motifs is 1. The number of rotatable bonds is 9. The number of ether oxygens (including phenoxy) is 2. The van der Waals surface area contributed by atoms with Gasteiger partial charge < -0.3 is 25.2 Å². The first-order valence-electron chi connectivity index (χ1n) is 13.4. The van der Waals surface area contributed by atoms with Crippen LogP contribution in [0.2, 0.25) is 0 Å². The Morgan fingerprint density at radius 2 is 1.90 bits per heavy atom. The third-order valence-electron chi connectivity index (χ3n) is 7.24. The van der Waals surface area contributed by atoms with Gasteiger partial charge in [0, 0.05) is 37.7 Å². The maximum absolute atomic E-state index is 12.5. The number of halogens is 3. The first-order chi connectivity index (χ1) is 18.2. The van der Waals surface area contributed by atoms with Crippen molar-refractivity contribution in [3.8, 4) is 11.6 Å². The number of amides is 1. The van der Waals surface area contributed by atoms with Crippen LogP contribution in [0.25, 0.3) is 0 Å². The number of nitrogens with zero attached hydrogens (tertiary/aromatic N) is 1. The van der Waals surface area contributed by atoms with Crippen molar-refractivity contribution in [2.24, 2.45) is 5.41 Å². The van der Waals surface area contributed by atoms with Crippen molar-refractivity contribution >= 4 is 5.91 Å². The molecule has 39 heavy (non-hydrogen) atoms. The van der Waals surface area contributed by atoms with Crippen LogP contribution in [0, 0.1) is 5.41 Å². The molecule has 1 aromatic heterocycles. The van der Waals surface area contributed by atoms with Crippen LogP contribution in [0.15, 0.2) is 36.5 Å². The summed E-state index contributed by atoms with van der Waals surface area (Å²) in [5.41, 5.74) is 2.60. The molecule has 1 fully saturated rings. The molecule has 0 radical (unpaired) electrons. The van der Waals surface area contributed by atoms with Crippen LogP contribution in [-0.4, -0.2) is 46.7 Å².